The molecular weight excluding hydrogens is 1140 g/mol. The fraction of sp³-hybridized carbons (Fsp3) is 0.127. The van der Waals surface area contributed by atoms with Crippen LogP contribution in [-0.4, -0.2) is 9.13 Å². The van der Waals surface area contributed by atoms with E-state index in [1.54, 1.807) is 85.1 Å². The van der Waals surface area contributed by atoms with E-state index in [1.807, 2.05) is 66.9 Å². The van der Waals surface area contributed by atoms with E-state index in [4.69, 9.17) is 0 Å². The topological polar surface area (TPSA) is 57.4 Å². The highest BCUT2D eigenvalue weighted by Gasteiger charge is 2.38. The smallest absolute Gasteiger partial charge is 0.308 e. The van der Waals surface area contributed by atoms with E-state index in [1.165, 1.54) is 25.1 Å². The van der Waals surface area contributed by atoms with Gasteiger partial charge >= 0.3 is 24.7 Å². The molecule has 0 fully saturated rings. The van der Waals surface area contributed by atoms with Gasteiger partial charge in [0.1, 0.15) is 0 Å². The van der Waals surface area contributed by atoms with Gasteiger partial charge in [0.05, 0.1) is 79.0 Å². The average Bonchev–Trinajstić information content (AvgIpc) is 1.66. The van der Waals surface area contributed by atoms with Gasteiger partial charge in [0.25, 0.3) is 0 Å². The zero-order chi connectivity index (χ0) is 62.0. The maximum atomic E-state index is 14.4. The van der Waals surface area contributed by atoms with Crippen LogP contribution >= 0.6 is 0 Å². The predicted octanol–water partition coefficient (Wildman–Crippen LogP) is 21.6. The van der Waals surface area contributed by atoms with Gasteiger partial charge in [-0.2, -0.15) is 63.2 Å². The molecule has 16 heteroatoms. The summed E-state index contributed by atoms with van der Waals surface area (Å²) in [6.45, 7) is 8.82. The summed E-state index contributed by atoms with van der Waals surface area (Å²) in [6, 6.07) is 48.0. The molecule has 12 rings (SSSR count). The van der Waals surface area contributed by atoms with Crippen LogP contribution in [0.25, 0.3) is 111 Å². The van der Waals surface area contributed by atoms with E-state index in [0.29, 0.717) is 95.1 Å². The number of aromatic nitrogens is 2. The van der Waals surface area contributed by atoms with E-state index in [9.17, 15) is 63.2 Å². The van der Waals surface area contributed by atoms with Crippen LogP contribution in [0, 0.1) is 57.3 Å². The first-order valence-electron chi connectivity index (χ1n) is 27.1. The van der Waals surface area contributed by atoms with Crippen LogP contribution in [0.2, 0.25) is 0 Å². The second kappa shape index (κ2) is 20.6. The van der Waals surface area contributed by atoms with Crippen LogP contribution in [0.4, 0.5) is 52.7 Å². The van der Waals surface area contributed by atoms with Crippen LogP contribution in [0.1, 0.15) is 61.2 Å². The lowest BCUT2D eigenvalue weighted by Crippen LogP contribution is -2.11. The molecule has 2 heterocycles. The van der Waals surface area contributed by atoms with E-state index < -0.39 is 52.5 Å². The number of nitriles is 2. The Labute approximate surface area is 489 Å². The van der Waals surface area contributed by atoms with E-state index >= 15 is 0 Å². The second-order valence-corrected chi connectivity index (χ2v) is 22.1. The first kappa shape index (κ1) is 57.4. The number of benzene rings is 10. The van der Waals surface area contributed by atoms with Gasteiger partial charge in [0.2, 0.25) is 0 Å². The summed E-state index contributed by atoms with van der Waals surface area (Å²) in [5, 5.41) is 23.5. The summed E-state index contributed by atoms with van der Waals surface area (Å²) in [6.07, 6.45) is -19.7. The first-order chi connectivity index (χ1) is 41.0. The number of rotatable bonds is 7. The SMILES string of the molecule is Cc1cc(C)cc(-c2ccc3c(c2)c2cc(-c4cc(C)cc(C(F)(F)F)c4)ccc2n3-c2cc(C#N)cc(-n3c4ccc(-c5cc(C)cc(C(F)(F)F)c5)cc4c4cc(-c5cc(C(F)(F)F)cc(C(F)(F)F)c5)ccc43)c2-c2cc(C)cc(C#N)c2)c1. The maximum absolute atomic E-state index is 14.4. The number of hydrogen-bond donors (Lipinski definition) is 0. The molecule has 0 saturated carbocycles. The lowest BCUT2D eigenvalue weighted by atomic mass is 9.95. The summed E-state index contributed by atoms with van der Waals surface area (Å²) < 4.78 is 176. The number of halogens is 12. The molecule has 0 atom stereocenters. The summed E-state index contributed by atoms with van der Waals surface area (Å²) >= 11 is 0. The first-order valence-corrected chi connectivity index (χ1v) is 27.1. The number of nitrogens with zero attached hydrogens (tertiary/aromatic N) is 4. The average molecular weight is 1180 g/mol. The van der Waals surface area contributed by atoms with Gasteiger partial charge in [0.15, 0.2) is 0 Å². The molecule has 0 saturated heterocycles. The Kier molecular flexibility index (Phi) is 13.6. The lowest BCUT2D eigenvalue weighted by molar-refractivity contribution is -0.143. The largest absolute Gasteiger partial charge is 0.416 e. The molecule has 2 aromatic heterocycles. The molecule has 0 aliphatic rings. The van der Waals surface area contributed by atoms with E-state index in [-0.39, 0.29) is 44.8 Å². The Bertz CT molecular complexity index is 4900. The minimum Gasteiger partial charge on any atom is -0.308 e. The summed E-state index contributed by atoms with van der Waals surface area (Å²) in [7, 11) is 0. The van der Waals surface area contributed by atoms with Crippen LogP contribution in [0.3, 0.4) is 0 Å². The predicted molar refractivity (Wildman–Crippen MR) is 315 cm³/mol. The van der Waals surface area contributed by atoms with Crippen molar-refractivity contribution in [2.24, 2.45) is 0 Å². The molecule has 12 aromatic rings. The van der Waals surface area contributed by atoms with Gasteiger partial charge in [-0.25, -0.2) is 0 Å². The van der Waals surface area contributed by atoms with Gasteiger partial charge < -0.3 is 9.13 Å². The normalized spacial score (nSPS) is 12.4. The molecule has 432 valence electrons. The molecule has 0 unspecified atom stereocenters. The van der Waals surface area contributed by atoms with Gasteiger partial charge in [-0.05, 0) is 217 Å². The minimum atomic E-state index is -5.18. The standard InChI is InChI=1S/C71H44F12N4/c1-37-14-38(2)17-48(16-37)44-6-10-61-57(30-44)58-31-45(49-18-40(4)21-53(26-49)68(72,73)74)7-11-62(58)86(61)65-24-43(36-85)25-66(67(65)52-20-39(3)15-42(23-52)35-84)87-63-12-8-46(50-19-41(5)22-54(27-50)69(75,76)77)32-59(63)60-33-47(9-13-64(60)87)51-28-55(70(78,79)80)34-56(29-51)71(81,82)83/h6-34H,1-5H3. The molecule has 0 amide bonds. The van der Waals surface area contributed by atoms with Crippen molar-refractivity contribution in [3.8, 4) is 79.1 Å². The molecular formula is C71H44F12N4. The van der Waals surface area contributed by atoms with Crippen LogP contribution in [0.5, 0.6) is 0 Å². The molecule has 0 aliphatic heterocycles. The van der Waals surface area contributed by atoms with Gasteiger partial charge in [-0.15, -0.1) is 0 Å². The van der Waals surface area contributed by atoms with Crippen molar-refractivity contribution in [3.05, 3.63) is 237 Å². The van der Waals surface area contributed by atoms with Crippen molar-refractivity contribution in [1.29, 1.82) is 10.5 Å². The highest BCUT2D eigenvalue weighted by atomic mass is 19.4. The third kappa shape index (κ3) is 10.6. The summed E-state index contributed by atoms with van der Waals surface area (Å²) in [5.41, 5.74) is 4.64. The van der Waals surface area contributed by atoms with Crippen LogP contribution in [-0.2, 0) is 24.7 Å². The third-order valence-electron chi connectivity index (χ3n) is 15.7. The van der Waals surface area contributed by atoms with E-state index in [2.05, 4.69) is 12.1 Å². The zero-order valence-corrected chi connectivity index (χ0v) is 46.6. The Morgan fingerprint density at radius 1 is 0.276 bits per heavy atom. The third-order valence-corrected chi connectivity index (χ3v) is 15.7. The summed E-state index contributed by atoms with van der Waals surface area (Å²) in [5.74, 6) is 0. The fourth-order valence-electron chi connectivity index (χ4n) is 12.1. The van der Waals surface area contributed by atoms with Crippen molar-refractivity contribution in [3.63, 3.8) is 0 Å². The number of hydrogen-bond acceptors (Lipinski definition) is 2. The quantitative estimate of drug-likeness (QED) is 0.149. The monoisotopic (exact) mass is 1180 g/mol. The molecule has 0 bridgehead atoms. The molecule has 0 N–H and O–H groups in total. The van der Waals surface area contributed by atoms with Crippen molar-refractivity contribution in [1.82, 2.24) is 9.13 Å². The van der Waals surface area contributed by atoms with Crippen molar-refractivity contribution in [2.45, 2.75) is 59.3 Å². The van der Waals surface area contributed by atoms with Gasteiger partial charge in [0, 0.05) is 27.1 Å². The molecule has 4 nitrogen and oxygen atoms in total. The van der Waals surface area contributed by atoms with Crippen molar-refractivity contribution in [2.75, 3.05) is 0 Å². The zero-order valence-electron chi connectivity index (χ0n) is 46.6. The highest BCUT2D eigenvalue weighted by Crippen LogP contribution is 2.48. The van der Waals surface area contributed by atoms with Gasteiger partial charge in [-0.1, -0.05) is 71.8 Å². The molecule has 0 aliphatic carbocycles. The fourth-order valence-corrected chi connectivity index (χ4v) is 12.1. The van der Waals surface area contributed by atoms with Crippen LogP contribution < -0.4 is 0 Å². The van der Waals surface area contributed by atoms with Crippen LogP contribution in [0.15, 0.2) is 176 Å². The molecule has 0 spiro atoms. The maximum Gasteiger partial charge on any atom is 0.416 e. The Hall–Kier alpha value is -10.1. The molecule has 0 radical (unpaired) electrons. The Morgan fingerprint density at radius 3 is 0.885 bits per heavy atom. The van der Waals surface area contributed by atoms with Crippen molar-refractivity contribution >= 4 is 43.6 Å². The number of alkyl halides is 12. The summed E-state index contributed by atoms with van der Waals surface area (Å²) in [4.78, 5) is 0. The number of aryl methyl sites for hydroxylation is 5. The highest BCUT2D eigenvalue weighted by molar-refractivity contribution is 6.14. The Morgan fingerprint density at radius 2 is 0.552 bits per heavy atom. The lowest BCUT2D eigenvalue weighted by Gasteiger charge is -2.21. The number of fused-ring (bicyclic) bond motifs is 6. The van der Waals surface area contributed by atoms with Crippen molar-refractivity contribution < 1.29 is 52.7 Å². The van der Waals surface area contributed by atoms with Gasteiger partial charge in [-0.3, -0.25) is 0 Å². The van der Waals surface area contributed by atoms with E-state index in [0.717, 1.165) is 46.5 Å². The molecule has 10 aromatic carbocycles. The minimum absolute atomic E-state index is 0.0265. The Balaban J connectivity index is 1.21. The second-order valence-electron chi connectivity index (χ2n) is 22.1. The molecule has 87 heavy (non-hydrogen) atoms.